The van der Waals surface area contributed by atoms with Crippen LogP contribution in [0, 0.1) is 6.92 Å². The summed E-state index contributed by atoms with van der Waals surface area (Å²) in [6, 6.07) is 66.1. The molecule has 0 unspecified atom stereocenters. The van der Waals surface area contributed by atoms with Gasteiger partial charge in [-0.15, -0.1) is 0 Å². The fourth-order valence-electron chi connectivity index (χ4n) is 8.34. The smallest absolute Gasteiger partial charge is 0.159 e. The first-order valence-electron chi connectivity index (χ1n) is 18.2. The number of fused-ring (bicyclic) bond motifs is 9. The number of hydrogen-bond acceptors (Lipinski definition) is 2. The zero-order valence-corrected chi connectivity index (χ0v) is 29.2. The molecule has 0 saturated carbocycles. The highest BCUT2D eigenvalue weighted by Gasteiger charge is 2.25. The van der Waals surface area contributed by atoms with Gasteiger partial charge in [0, 0.05) is 22.1 Å². The summed E-state index contributed by atoms with van der Waals surface area (Å²) in [5, 5.41) is 7.22. The lowest BCUT2D eigenvalue weighted by atomic mass is 9.77. The molecule has 1 aromatic heterocycles. The minimum Gasteiger partial charge on any atom is -0.454 e. The zero-order chi connectivity index (χ0) is 35.0. The average molecular weight is 676 g/mol. The minimum absolute atomic E-state index is 0.881. The van der Waals surface area contributed by atoms with Crippen LogP contribution in [0.1, 0.15) is 5.56 Å². The monoisotopic (exact) mass is 675 g/mol. The summed E-state index contributed by atoms with van der Waals surface area (Å²) in [7, 11) is 0. The molecule has 0 aliphatic heterocycles. The molecule has 0 radical (unpaired) electrons. The van der Waals surface area contributed by atoms with Gasteiger partial charge in [0.15, 0.2) is 5.58 Å². The van der Waals surface area contributed by atoms with Gasteiger partial charge in [-0.2, -0.15) is 0 Å². The third-order valence-corrected chi connectivity index (χ3v) is 11.1. The standard InChI is InChI=1S/C51H33NO/c1-32-19-20-38(34-13-6-3-7-14-34)31-49(32)52(48-17-10-16-43-42-15-8-9-18-50(42)53-51(43)48)41-24-23-37-28-45-44-27-36-22-21-35(33-11-4-2-5-12-33)25-39(36)29-46(44)47(45)30-40(37)26-41/h2-31H,1H3. The van der Waals surface area contributed by atoms with Crippen molar-refractivity contribution in [2.45, 2.75) is 6.92 Å². The maximum absolute atomic E-state index is 6.66. The van der Waals surface area contributed by atoms with Gasteiger partial charge >= 0.3 is 0 Å². The first-order chi connectivity index (χ1) is 26.2. The van der Waals surface area contributed by atoms with E-state index < -0.39 is 0 Å². The van der Waals surface area contributed by atoms with Gasteiger partial charge in [0.2, 0.25) is 0 Å². The Labute approximate surface area is 307 Å². The van der Waals surface area contributed by atoms with Gasteiger partial charge in [-0.3, -0.25) is 0 Å². The van der Waals surface area contributed by atoms with E-state index in [0.29, 0.717) is 0 Å². The Morgan fingerprint density at radius 2 is 0.943 bits per heavy atom. The van der Waals surface area contributed by atoms with Crippen LogP contribution >= 0.6 is 0 Å². The van der Waals surface area contributed by atoms with E-state index in [1.54, 1.807) is 0 Å². The maximum atomic E-state index is 6.66. The molecule has 1 heterocycles. The summed E-state index contributed by atoms with van der Waals surface area (Å²) in [4.78, 5) is 2.39. The number of hydrogen-bond donors (Lipinski definition) is 0. The zero-order valence-electron chi connectivity index (χ0n) is 29.2. The maximum Gasteiger partial charge on any atom is 0.159 e. The molecule has 0 amide bonds. The largest absolute Gasteiger partial charge is 0.454 e. The van der Waals surface area contributed by atoms with E-state index in [2.05, 4.69) is 188 Å². The second-order valence-corrected chi connectivity index (χ2v) is 14.2. The molecule has 2 heteroatoms. The molecule has 2 nitrogen and oxygen atoms in total. The molecule has 0 atom stereocenters. The van der Waals surface area contributed by atoms with Crippen LogP contribution in [0.2, 0.25) is 0 Å². The molecule has 10 aromatic rings. The molecule has 1 aliphatic rings. The summed E-state index contributed by atoms with van der Waals surface area (Å²) in [5.74, 6) is 0. The number of furan rings is 1. The third-order valence-electron chi connectivity index (χ3n) is 11.1. The Bertz CT molecular complexity index is 3060. The highest BCUT2D eigenvalue weighted by atomic mass is 16.3. The molecule has 0 spiro atoms. The van der Waals surface area contributed by atoms with Crippen LogP contribution in [0.5, 0.6) is 0 Å². The van der Waals surface area contributed by atoms with Gasteiger partial charge in [0.05, 0.1) is 5.69 Å². The van der Waals surface area contributed by atoms with Gasteiger partial charge in [-0.05, 0) is 139 Å². The van der Waals surface area contributed by atoms with Gasteiger partial charge in [0.25, 0.3) is 0 Å². The SMILES string of the molecule is Cc1ccc(-c2ccccc2)cc1N(c1ccc2cc3c(cc2c1)-c1cc2cc(-c4ccccc4)ccc2cc1-3)c1cccc2c1oc1ccccc12. The molecule has 53 heavy (non-hydrogen) atoms. The van der Waals surface area contributed by atoms with E-state index in [4.69, 9.17) is 4.42 Å². The van der Waals surface area contributed by atoms with Crippen molar-refractivity contribution in [2.24, 2.45) is 0 Å². The van der Waals surface area contributed by atoms with Crippen LogP contribution in [0.3, 0.4) is 0 Å². The van der Waals surface area contributed by atoms with Crippen molar-refractivity contribution >= 4 is 60.5 Å². The topological polar surface area (TPSA) is 16.4 Å². The van der Waals surface area contributed by atoms with Gasteiger partial charge in [-0.25, -0.2) is 0 Å². The van der Waals surface area contributed by atoms with Crippen LogP contribution in [-0.2, 0) is 0 Å². The number of nitrogens with zero attached hydrogens (tertiary/aromatic N) is 1. The summed E-state index contributed by atoms with van der Waals surface area (Å²) in [6.07, 6.45) is 0. The number of para-hydroxylation sites is 2. The Balaban J connectivity index is 1.08. The molecule has 11 rings (SSSR count). The minimum atomic E-state index is 0.881. The van der Waals surface area contributed by atoms with Crippen LogP contribution in [0.25, 0.3) is 88.0 Å². The van der Waals surface area contributed by atoms with E-state index in [1.807, 2.05) is 6.07 Å². The van der Waals surface area contributed by atoms with Crippen molar-refractivity contribution in [2.75, 3.05) is 4.90 Å². The van der Waals surface area contributed by atoms with Crippen LogP contribution in [-0.4, -0.2) is 0 Å². The first kappa shape index (κ1) is 29.8. The third kappa shape index (κ3) is 4.73. The predicted molar refractivity (Wildman–Crippen MR) is 223 cm³/mol. The molecule has 248 valence electrons. The van der Waals surface area contributed by atoms with Crippen molar-refractivity contribution in [3.05, 3.63) is 188 Å². The molecular weight excluding hydrogens is 643 g/mol. The summed E-state index contributed by atoms with van der Waals surface area (Å²) >= 11 is 0. The van der Waals surface area contributed by atoms with E-state index >= 15 is 0 Å². The van der Waals surface area contributed by atoms with Crippen molar-refractivity contribution in [3.8, 4) is 44.5 Å². The van der Waals surface area contributed by atoms with Crippen LogP contribution in [0.15, 0.2) is 186 Å². The van der Waals surface area contributed by atoms with Crippen molar-refractivity contribution in [1.82, 2.24) is 0 Å². The summed E-state index contributed by atoms with van der Waals surface area (Å²) in [6.45, 7) is 2.20. The second kappa shape index (κ2) is 11.6. The average Bonchev–Trinajstić information content (AvgIpc) is 3.60. The van der Waals surface area contributed by atoms with E-state index in [1.165, 1.54) is 71.6 Å². The first-order valence-corrected chi connectivity index (χ1v) is 18.2. The van der Waals surface area contributed by atoms with Gasteiger partial charge in [-0.1, -0.05) is 121 Å². The summed E-state index contributed by atoms with van der Waals surface area (Å²) < 4.78 is 6.66. The fourth-order valence-corrected chi connectivity index (χ4v) is 8.34. The lowest BCUT2D eigenvalue weighted by molar-refractivity contribution is 0.669. The highest BCUT2D eigenvalue weighted by molar-refractivity contribution is 6.13. The number of rotatable bonds is 5. The lowest BCUT2D eigenvalue weighted by Gasteiger charge is -2.29. The fraction of sp³-hybridized carbons (Fsp3) is 0.0196. The highest BCUT2D eigenvalue weighted by Crippen LogP contribution is 2.51. The molecule has 0 saturated heterocycles. The Kier molecular flexibility index (Phi) is 6.50. The quantitative estimate of drug-likeness (QED) is 0.181. The van der Waals surface area contributed by atoms with E-state index in [-0.39, 0.29) is 0 Å². The van der Waals surface area contributed by atoms with Crippen molar-refractivity contribution in [1.29, 1.82) is 0 Å². The van der Waals surface area contributed by atoms with Crippen molar-refractivity contribution in [3.63, 3.8) is 0 Å². The van der Waals surface area contributed by atoms with Crippen molar-refractivity contribution < 1.29 is 4.42 Å². The lowest BCUT2D eigenvalue weighted by Crippen LogP contribution is -2.12. The van der Waals surface area contributed by atoms with Crippen LogP contribution in [0.4, 0.5) is 17.1 Å². The molecular formula is C51H33NO. The molecule has 0 bridgehead atoms. The number of benzene rings is 9. The molecule has 1 aliphatic carbocycles. The van der Waals surface area contributed by atoms with E-state index in [0.717, 1.165) is 39.0 Å². The van der Waals surface area contributed by atoms with E-state index in [9.17, 15) is 0 Å². The van der Waals surface area contributed by atoms with Crippen LogP contribution < -0.4 is 4.90 Å². The Morgan fingerprint density at radius 1 is 0.377 bits per heavy atom. The molecule has 0 N–H and O–H groups in total. The number of aryl methyl sites for hydroxylation is 1. The molecule has 0 fully saturated rings. The van der Waals surface area contributed by atoms with Gasteiger partial charge < -0.3 is 9.32 Å². The predicted octanol–water partition coefficient (Wildman–Crippen LogP) is 14.7. The molecule has 9 aromatic carbocycles. The summed E-state index contributed by atoms with van der Waals surface area (Å²) in [5.41, 5.74) is 16.3. The Hall–Kier alpha value is -6.90. The number of anilines is 3. The second-order valence-electron chi connectivity index (χ2n) is 14.2. The van der Waals surface area contributed by atoms with Gasteiger partial charge in [0.1, 0.15) is 5.58 Å². The normalized spacial score (nSPS) is 11.9. The Morgan fingerprint density at radius 3 is 1.66 bits per heavy atom.